The van der Waals surface area contributed by atoms with Crippen molar-refractivity contribution < 1.29 is 14.6 Å². The third kappa shape index (κ3) is 2.86. The number of aryl methyl sites for hydroxylation is 1. The smallest absolute Gasteiger partial charge is 0.256 e. The summed E-state index contributed by atoms with van der Waals surface area (Å²) in [6, 6.07) is 5.15. The van der Waals surface area contributed by atoms with Gasteiger partial charge in [-0.3, -0.25) is 10.6 Å². The van der Waals surface area contributed by atoms with Gasteiger partial charge in [0.25, 0.3) is 5.91 Å². The summed E-state index contributed by atoms with van der Waals surface area (Å²) in [5, 5.41) is 9.32. The van der Waals surface area contributed by atoms with Crippen molar-refractivity contribution in [1.82, 2.24) is 4.90 Å². The molecule has 0 radical (unpaired) electrons. The van der Waals surface area contributed by atoms with Crippen LogP contribution in [0.2, 0.25) is 0 Å². The van der Waals surface area contributed by atoms with E-state index in [4.69, 9.17) is 10.6 Å². The first-order chi connectivity index (χ1) is 9.17. The number of nitrogens with zero attached hydrogens (tertiary/aromatic N) is 1. The van der Waals surface area contributed by atoms with Gasteiger partial charge in [-0.15, -0.1) is 0 Å². The summed E-state index contributed by atoms with van der Waals surface area (Å²) in [6.07, 6.45) is 0. The Morgan fingerprint density at radius 3 is 3.11 bits per heavy atom. The Balaban J connectivity index is 2.29. The minimum atomic E-state index is -0.299. The number of hydrogen-bond donors (Lipinski definition) is 3. The number of nitrogens with two attached hydrogens (primary N) is 1. The Morgan fingerprint density at radius 1 is 1.63 bits per heavy atom. The topological polar surface area (TPSA) is 87.8 Å². The van der Waals surface area contributed by atoms with Gasteiger partial charge in [-0.05, 0) is 19.1 Å². The number of ether oxygens (including phenoxy) is 1. The number of amides is 1. The fourth-order valence-electron chi connectivity index (χ4n) is 2.19. The average Bonchev–Trinajstić information content (AvgIpc) is 2.46. The first-order valence-electron chi connectivity index (χ1n) is 6.24. The van der Waals surface area contributed by atoms with E-state index in [1.54, 1.807) is 17.0 Å². The van der Waals surface area contributed by atoms with E-state index >= 15 is 0 Å². The molecule has 1 unspecified atom stereocenters. The van der Waals surface area contributed by atoms with Gasteiger partial charge >= 0.3 is 0 Å². The molecule has 1 aromatic rings. The molecule has 0 aliphatic carbocycles. The first kappa shape index (κ1) is 13.8. The molecule has 104 valence electrons. The molecular weight excluding hydrogens is 246 g/mol. The molecule has 1 fully saturated rings. The Labute approximate surface area is 112 Å². The van der Waals surface area contributed by atoms with E-state index < -0.39 is 0 Å². The summed E-state index contributed by atoms with van der Waals surface area (Å²) >= 11 is 0. The molecular formula is C13H19N3O3. The van der Waals surface area contributed by atoms with Crippen molar-refractivity contribution >= 4 is 11.6 Å². The second kappa shape index (κ2) is 6.01. The van der Waals surface area contributed by atoms with E-state index in [1.165, 1.54) is 0 Å². The maximum Gasteiger partial charge on any atom is 0.256 e. The molecule has 1 aliphatic rings. The fraction of sp³-hybridized carbons (Fsp3) is 0.462. The predicted molar refractivity (Wildman–Crippen MR) is 71.7 cm³/mol. The lowest BCUT2D eigenvalue weighted by Gasteiger charge is -2.34. The second-order valence-corrected chi connectivity index (χ2v) is 4.60. The summed E-state index contributed by atoms with van der Waals surface area (Å²) in [5.74, 6) is 5.30. The number of hydrogen-bond acceptors (Lipinski definition) is 5. The van der Waals surface area contributed by atoms with Crippen LogP contribution >= 0.6 is 0 Å². The van der Waals surface area contributed by atoms with Gasteiger partial charge in [0.2, 0.25) is 0 Å². The number of morpholine rings is 1. The highest BCUT2D eigenvalue weighted by Gasteiger charge is 2.28. The van der Waals surface area contributed by atoms with Crippen LogP contribution in [-0.4, -0.2) is 48.3 Å². The number of carbonyl (C=O) groups excluding carboxylic acids is 1. The summed E-state index contributed by atoms with van der Waals surface area (Å²) in [7, 11) is 0. The van der Waals surface area contributed by atoms with Crippen molar-refractivity contribution in [3.63, 3.8) is 0 Å². The summed E-state index contributed by atoms with van der Waals surface area (Å²) in [5.41, 5.74) is 4.62. The summed E-state index contributed by atoms with van der Waals surface area (Å²) < 4.78 is 5.28. The van der Waals surface area contributed by atoms with Crippen LogP contribution in [0.3, 0.4) is 0 Å². The van der Waals surface area contributed by atoms with Crippen molar-refractivity contribution in [2.45, 2.75) is 13.0 Å². The van der Waals surface area contributed by atoms with Gasteiger partial charge in [0.05, 0.1) is 37.1 Å². The lowest BCUT2D eigenvalue weighted by atomic mass is 10.1. The molecule has 0 aromatic heterocycles. The zero-order valence-corrected chi connectivity index (χ0v) is 10.9. The molecule has 19 heavy (non-hydrogen) atoms. The number of hydrazine groups is 1. The van der Waals surface area contributed by atoms with Crippen molar-refractivity contribution in [2.75, 3.05) is 31.8 Å². The highest BCUT2D eigenvalue weighted by Crippen LogP contribution is 2.20. The van der Waals surface area contributed by atoms with Gasteiger partial charge in [-0.1, -0.05) is 11.6 Å². The van der Waals surface area contributed by atoms with E-state index in [-0.39, 0.29) is 18.6 Å². The molecule has 1 atom stereocenters. The quantitative estimate of drug-likeness (QED) is 0.533. The minimum Gasteiger partial charge on any atom is -0.394 e. The highest BCUT2D eigenvalue weighted by molar-refractivity contribution is 6.00. The molecule has 1 heterocycles. The minimum absolute atomic E-state index is 0.108. The monoisotopic (exact) mass is 265 g/mol. The third-order valence-corrected chi connectivity index (χ3v) is 3.26. The average molecular weight is 265 g/mol. The largest absolute Gasteiger partial charge is 0.394 e. The molecule has 6 heteroatoms. The number of benzene rings is 1. The zero-order valence-electron chi connectivity index (χ0n) is 10.9. The predicted octanol–water partition coefficient (Wildman–Crippen LogP) is 0.114. The van der Waals surface area contributed by atoms with E-state index in [0.717, 1.165) is 5.56 Å². The molecule has 2 rings (SSSR count). The lowest BCUT2D eigenvalue weighted by molar-refractivity contribution is -0.0183. The van der Waals surface area contributed by atoms with Gasteiger partial charge < -0.3 is 20.2 Å². The molecule has 0 bridgehead atoms. The van der Waals surface area contributed by atoms with Crippen molar-refractivity contribution in [3.8, 4) is 0 Å². The normalized spacial score (nSPS) is 19.3. The maximum atomic E-state index is 12.6. The number of carbonyl (C=O) groups is 1. The number of nitrogen functional groups attached to an aromatic ring is 1. The molecule has 1 saturated heterocycles. The third-order valence-electron chi connectivity index (χ3n) is 3.26. The van der Waals surface area contributed by atoms with Crippen LogP contribution in [-0.2, 0) is 4.74 Å². The lowest BCUT2D eigenvalue weighted by Crippen LogP contribution is -2.50. The molecule has 4 N–H and O–H groups in total. The first-order valence-corrected chi connectivity index (χ1v) is 6.24. The SMILES string of the molecule is Cc1ccc(NN)c(C(=O)N2CCOCC2CO)c1. The fourth-order valence-corrected chi connectivity index (χ4v) is 2.19. The van der Waals surface area contributed by atoms with E-state index in [1.807, 2.05) is 13.0 Å². The standard InChI is InChI=1S/C13H19N3O3/c1-9-2-3-12(15-14)11(6-9)13(18)16-4-5-19-8-10(16)7-17/h2-3,6,10,15,17H,4-5,7-8,14H2,1H3. The Hall–Kier alpha value is -1.63. The van der Waals surface area contributed by atoms with Crippen molar-refractivity contribution in [1.29, 1.82) is 0 Å². The van der Waals surface area contributed by atoms with Gasteiger partial charge in [0, 0.05) is 6.54 Å². The Kier molecular flexibility index (Phi) is 4.36. The maximum absolute atomic E-state index is 12.6. The second-order valence-electron chi connectivity index (χ2n) is 4.60. The van der Waals surface area contributed by atoms with Crippen molar-refractivity contribution in [3.05, 3.63) is 29.3 Å². The number of nitrogens with one attached hydrogen (secondary N) is 1. The highest BCUT2D eigenvalue weighted by atomic mass is 16.5. The van der Waals surface area contributed by atoms with Crippen LogP contribution in [0.4, 0.5) is 5.69 Å². The Bertz CT molecular complexity index is 464. The van der Waals surface area contributed by atoms with Crippen LogP contribution in [0.1, 0.15) is 15.9 Å². The summed E-state index contributed by atoms with van der Waals surface area (Å²) in [6.45, 7) is 3.13. The van der Waals surface area contributed by atoms with Crippen molar-refractivity contribution in [2.24, 2.45) is 5.84 Å². The number of rotatable bonds is 3. The number of aliphatic hydroxyl groups is 1. The molecule has 1 amide bonds. The van der Waals surface area contributed by atoms with Gasteiger partial charge in [0.1, 0.15) is 0 Å². The number of anilines is 1. The molecule has 1 aromatic carbocycles. The van der Waals surface area contributed by atoms with Gasteiger partial charge in [-0.25, -0.2) is 0 Å². The molecule has 1 aliphatic heterocycles. The molecule has 6 nitrogen and oxygen atoms in total. The molecule has 0 saturated carbocycles. The van der Waals surface area contributed by atoms with Gasteiger partial charge in [-0.2, -0.15) is 0 Å². The van der Waals surface area contributed by atoms with E-state index in [9.17, 15) is 9.90 Å². The Morgan fingerprint density at radius 2 is 2.42 bits per heavy atom. The van der Waals surface area contributed by atoms with Crippen LogP contribution in [0.15, 0.2) is 18.2 Å². The van der Waals surface area contributed by atoms with E-state index in [0.29, 0.717) is 31.0 Å². The van der Waals surface area contributed by atoms with Crippen LogP contribution in [0.5, 0.6) is 0 Å². The van der Waals surface area contributed by atoms with Crippen LogP contribution in [0, 0.1) is 6.92 Å². The zero-order chi connectivity index (χ0) is 13.8. The summed E-state index contributed by atoms with van der Waals surface area (Å²) in [4.78, 5) is 14.2. The van der Waals surface area contributed by atoms with Gasteiger partial charge in [0.15, 0.2) is 0 Å². The molecule has 0 spiro atoms. The van der Waals surface area contributed by atoms with Crippen LogP contribution < -0.4 is 11.3 Å². The van der Waals surface area contributed by atoms with E-state index in [2.05, 4.69) is 5.43 Å². The van der Waals surface area contributed by atoms with Crippen LogP contribution in [0.25, 0.3) is 0 Å². The number of aliphatic hydroxyl groups excluding tert-OH is 1.